The van der Waals surface area contributed by atoms with E-state index in [0.717, 1.165) is 6.54 Å². The van der Waals surface area contributed by atoms with Crippen molar-refractivity contribution in [3.05, 3.63) is 18.2 Å². The van der Waals surface area contributed by atoms with Crippen molar-refractivity contribution in [1.29, 1.82) is 0 Å². The Morgan fingerprint density at radius 2 is 2.16 bits per heavy atom. The molecule has 2 N–H and O–H groups in total. The third-order valence-corrected chi connectivity index (χ3v) is 4.32. The number of hydrogen-bond donors (Lipinski definition) is 1. The number of nitrogens with zero attached hydrogens (tertiary/aromatic N) is 3. The average molecular weight is 264 g/mol. The second-order valence-electron chi connectivity index (χ2n) is 6.01. The molecule has 1 aliphatic heterocycles. The maximum atomic E-state index is 6.09. The van der Waals surface area contributed by atoms with Crippen molar-refractivity contribution in [3.63, 3.8) is 0 Å². The number of likely N-dealkylation sites (tertiary alicyclic amines) is 1. The normalized spacial score (nSPS) is 23.5. The van der Waals surface area contributed by atoms with Gasteiger partial charge in [-0.25, -0.2) is 4.98 Å². The Hall–Kier alpha value is -0.870. The smallest absolute Gasteiger partial charge is 0.0951 e. The van der Waals surface area contributed by atoms with Crippen molar-refractivity contribution in [2.24, 2.45) is 5.73 Å². The van der Waals surface area contributed by atoms with Crippen LogP contribution >= 0.6 is 0 Å². The van der Waals surface area contributed by atoms with Crippen molar-refractivity contribution >= 4 is 0 Å². The van der Waals surface area contributed by atoms with E-state index in [2.05, 4.69) is 35.2 Å². The van der Waals surface area contributed by atoms with Gasteiger partial charge in [0.15, 0.2) is 0 Å². The quantitative estimate of drug-likeness (QED) is 0.909. The van der Waals surface area contributed by atoms with E-state index in [1.807, 2.05) is 12.5 Å². The predicted molar refractivity (Wildman–Crippen MR) is 79.0 cm³/mol. The van der Waals surface area contributed by atoms with Crippen LogP contribution in [0.4, 0.5) is 0 Å². The highest BCUT2D eigenvalue weighted by Crippen LogP contribution is 2.28. The summed E-state index contributed by atoms with van der Waals surface area (Å²) in [6.07, 6.45) is 9.20. The van der Waals surface area contributed by atoms with Gasteiger partial charge in [-0.2, -0.15) is 0 Å². The van der Waals surface area contributed by atoms with Crippen molar-refractivity contribution in [1.82, 2.24) is 14.5 Å². The summed E-state index contributed by atoms with van der Waals surface area (Å²) in [5.41, 5.74) is 7.36. The molecule has 19 heavy (non-hydrogen) atoms. The molecular weight excluding hydrogens is 236 g/mol. The van der Waals surface area contributed by atoms with Gasteiger partial charge in [-0.1, -0.05) is 12.8 Å². The molecular formula is C15H28N4. The zero-order valence-electron chi connectivity index (χ0n) is 12.5. The van der Waals surface area contributed by atoms with Crippen LogP contribution in [0.1, 0.15) is 64.2 Å². The van der Waals surface area contributed by atoms with Gasteiger partial charge in [-0.3, -0.25) is 4.90 Å². The number of rotatable bonds is 4. The molecule has 0 aliphatic carbocycles. The molecule has 1 aromatic heterocycles. The van der Waals surface area contributed by atoms with Crippen LogP contribution in [0.15, 0.2) is 12.5 Å². The molecule has 0 radical (unpaired) electrons. The number of aromatic nitrogens is 2. The first kappa shape index (κ1) is 14.5. The lowest BCUT2D eigenvalue weighted by molar-refractivity contribution is 0.144. The largest absolute Gasteiger partial charge is 0.331 e. The van der Waals surface area contributed by atoms with Crippen LogP contribution < -0.4 is 5.73 Å². The molecule has 4 nitrogen and oxygen atoms in total. The molecule has 0 bridgehead atoms. The first-order valence-electron chi connectivity index (χ1n) is 7.62. The molecule has 2 heterocycles. The Balaban J connectivity index is 2.24. The fraction of sp³-hybridized carbons (Fsp3) is 0.800. The zero-order valence-corrected chi connectivity index (χ0v) is 12.5. The summed E-state index contributed by atoms with van der Waals surface area (Å²) in [6.45, 7) is 8.56. The lowest BCUT2D eigenvalue weighted by Crippen LogP contribution is -2.40. The minimum Gasteiger partial charge on any atom is -0.331 e. The molecule has 1 aliphatic rings. The van der Waals surface area contributed by atoms with E-state index >= 15 is 0 Å². The molecule has 108 valence electrons. The van der Waals surface area contributed by atoms with E-state index in [9.17, 15) is 0 Å². The van der Waals surface area contributed by atoms with Crippen LogP contribution in [0.2, 0.25) is 0 Å². The van der Waals surface area contributed by atoms with E-state index in [4.69, 9.17) is 5.73 Å². The maximum absolute atomic E-state index is 6.09. The van der Waals surface area contributed by atoms with Crippen LogP contribution in [0, 0.1) is 0 Å². The summed E-state index contributed by atoms with van der Waals surface area (Å²) in [5, 5.41) is 0. The van der Waals surface area contributed by atoms with Crippen LogP contribution in [-0.4, -0.2) is 33.6 Å². The zero-order chi connectivity index (χ0) is 13.8. The highest BCUT2D eigenvalue weighted by Gasteiger charge is 2.27. The van der Waals surface area contributed by atoms with Gasteiger partial charge in [-0.15, -0.1) is 0 Å². The van der Waals surface area contributed by atoms with Crippen molar-refractivity contribution in [2.45, 2.75) is 64.6 Å². The van der Waals surface area contributed by atoms with Crippen molar-refractivity contribution in [3.8, 4) is 0 Å². The number of nitrogens with two attached hydrogens (primary N) is 1. The molecule has 1 fully saturated rings. The Kier molecular flexibility index (Phi) is 4.99. The minimum absolute atomic E-state index is 0.304. The van der Waals surface area contributed by atoms with E-state index in [0.29, 0.717) is 24.7 Å². The second kappa shape index (κ2) is 6.53. The molecule has 0 amide bonds. The van der Waals surface area contributed by atoms with Gasteiger partial charge < -0.3 is 10.3 Å². The van der Waals surface area contributed by atoms with Gasteiger partial charge in [0.2, 0.25) is 0 Å². The maximum Gasteiger partial charge on any atom is 0.0951 e. The molecule has 1 saturated heterocycles. The van der Waals surface area contributed by atoms with Crippen LogP contribution in [-0.2, 0) is 0 Å². The van der Waals surface area contributed by atoms with E-state index in [1.54, 1.807) is 0 Å². The molecule has 0 spiro atoms. The number of hydrogen-bond acceptors (Lipinski definition) is 3. The summed E-state index contributed by atoms with van der Waals surface area (Å²) in [5.74, 6) is 0. The third-order valence-electron chi connectivity index (χ3n) is 4.32. The van der Waals surface area contributed by atoms with Crippen LogP contribution in [0.3, 0.4) is 0 Å². The summed E-state index contributed by atoms with van der Waals surface area (Å²) < 4.78 is 2.26. The first-order chi connectivity index (χ1) is 9.15. The van der Waals surface area contributed by atoms with Crippen LogP contribution in [0.5, 0.6) is 0 Å². The standard InChI is InChI=1S/C15H28N4/c1-12(2)19-11-17-10-15(19)14(9-16)18-8-6-4-5-7-13(18)3/h10-14H,4-9,16H2,1-3H3. The monoisotopic (exact) mass is 264 g/mol. The Bertz CT molecular complexity index is 385. The number of imidazole rings is 1. The van der Waals surface area contributed by atoms with E-state index < -0.39 is 0 Å². The fourth-order valence-corrected chi connectivity index (χ4v) is 3.19. The highest BCUT2D eigenvalue weighted by molar-refractivity contribution is 5.08. The van der Waals surface area contributed by atoms with E-state index in [1.165, 1.54) is 31.4 Å². The van der Waals surface area contributed by atoms with Gasteiger partial charge in [0.05, 0.1) is 18.1 Å². The molecule has 1 aromatic rings. The van der Waals surface area contributed by atoms with Crippen molar-refractivity contribution in [2.75, 3.05) is 13.1 Å². The Labute approximate surface area is 117 Å². The first-order valence-corrected chi connectivity index (χ1v) is 7.62. The van der Waals surface area contributed by atoms with Gasteiger partial charge in [0, 0.05) is 24.8 Å². The van der Waals surface area contributed by atoms with Crippen LogP contribution in [0.25, 0.3) is 0 Å². The molecule has 2 unspecified atom stereocenters. The molecule has 0 saturated carbocycles. The molecule has 2 atom stereocenters. The van der Waals surface area contributed by atoms with E-state index in [-0.39, 0.29) is 0 Å². The fourth-order valence-electron chi connectivity index (χ4n) is 3.19. The second-order valence-corrected chi connectivity index (χ2v) is 6.01. The van der Waals surface area contributed by atoms with Gasteiger partial charge in [-0.05, 0) is 40.2 Å². The lowest BCUT2D eigenvalue weighted by Gasteiger charge is -2.35. The van der Waals surface area contributed by atoms with Gasteiger partial charge >= 0.3 is 0 Å². The summed E-state index contributed by atoms with van der Waals surface area (Å²) in [6, 6.07) is 1.36. The Morgan fingerprint density at radius 3 is 2.84 bits per heavy atom. The van der Waals surface area contributed by atoms with Gasteiger partial charge in [0.25, 0.3) is 0 Å². The topological polar surface area (TPSA) is 47.1 Å². The lowest BCUT2D eigenvalue weighted by atomic mass is 10.1. The molecule has 0 aromatic carbocycles. The Morgan fingerprint density at radius 1 is 1.37 bits per heavy atom. The summed E-state index contributed by atoms with van der Waals surface area (Å²) in [4.78, 5) is 6.92. The van der Waals surface area contributed by atoms with Gasteiger partial charge in [0.1, 0.15) is 0 Å². The van der Waals surface area contributed by atoms with Crippen molar-refractivity contribution < 1.29 is 0 Å². The summed E-state index contributed by atoms with van der Waals surface area (Å²) >= 11 is 0. The average Bonchev–Trinajstić information content (AvgIpc) is 2.77. The predicted octanol–water partition coefficient (Wildman–Crippen LogP) is 2.73. The highest BCUT2D eigenvalue weighted by atomic mass is 15.2. The minimum atomic E-state index is 0.304. The SMILES string of the molecule is CC1CCCCCN1C(CN)c1cncn1C(C)C. The third kappa shape index (κ3) is 3.18. The summed E-state index contributed by atoms with van der Waals surface area (Å²) in [7, 11) is 0. The molecule has 4 heteroatoms. The molecule has 2 rings (SSSR count).